The van der Waals surface area contributed by atoms with Crippen molar-refractivity contribution in [2.45, 2.75) is 44.6 Å². The third-order valence-electron chi connectivity index (χ3n) is 9.36. The smallest absolute Gasteiger partial charge is 0.152 e. The maximum atomic E-state index is 13.5. The molecule has 4 bridgehead atoms. The van der Waals surface area contributed by atoms with Gasteiger partial charge in [-0.1, -0.05) is 60.7 Å². The van der Waals surface area contributed by atoms with E-state index in [0.717, 1.165) is 50.5 Å². The van der Waals surface area contributed by atoms with Crippen LogP contribution in [0.3, 0.4) is 0 Å². The minimum atomic E-state index is -0.0309. The maximum absolute atomic E-state index is 13.5. The first-order chi connectivity index (χ1) is 17.2. The van der Waals surface area contributed by atoms with Crippen LogP contribution in [0.2, 0.25) is 0 Å². The zero-order valence-corrected chi connectivity index (χ0v) is 21.0. The van der Waals surface area contributed by atoms with Gasteiger partial charge in [0, 0.05) is 38.1 Å². The van der Waals surface area contributed by atoms with Gasteiger partial charge in [-0.15, -0.1) is 0 Å². The number of rotatable bonds is 9. The van der Waals surface area contributed by atoms with Crippen LogP contribution >= 0.6 is 0 Å². The van der Waals surface area contributed by atoms with Crippen LogP contribution in [-0.4, -0.2) is 61.5 Å². The minimum absolute atomic E-state index is 0.0309. The van der Waals surface area contributed by atoms with E-state index in [0.29, 0.717) is 18.9 Å². The van der Waals surface area contributed by atoms with E-state index in [4.69, 9.17) is 4.74 Å². The highest BCUT2D eigenvalue weighted by atomic mass is 16.5. The summed E-state index contributed by atoms with van der Waals surface area (Å²) in [5.74, 6) is 3.11. The second kappa shape index (κ2) is 10.2. The van der Waals surface area contributed by atoms with Crippen molar-refractivity contribution in [3.63, 3.8) is 0 Å². The Morgan fingerprint density at radius 2 is 1.26 bits per heavy atom. The molecule has 0 unspecified atom stereocenters. The first kappa shape index (κ1) is 23.4. The molecule has 0 aromatic heterocycles. The molecule has 4 heteroatoms. The highest BCUT2D eigenvalue weighted by molar-refractivity contribution is 5.87. The fourth-order valence-corrected chi connectivity index (χ4v) is 7.93. The molecule has 5 aliphatic rings. The van der Waals surface area contributed by atoms with E-state index in [-0.39, 0.29) is 11.5 Å². The largest absolute Gasteiger partial charge is 0.367 e. The molecule has 186 valence electrons. The number of piperazine rings is 1. The van der Waals surface area contributed by atoms with Crippen LogP contribution in [-0.2, 0) is 9.53 Å². The average molecular weight is 473 g/mol. The van der Waals surface area contributed by atoms with Gasteiger partial charge in [0.1, 0.15) is 6.10 Å². The molecule has 1 aliphatic heterocycles. The van der Waals surface area contributed by atoms with E-state index in [1.54, 1.807) is 0 Å². The van der Waals surface area contributed by atoms with Gasteiger partial charge in [0.25, 0.3) is 0 Å². The zero-order valence-electron chi connectivity index (χ0n) is 21.0. The Kier molecular flexibility index (Phi) is 6.79. The van der Waals surface area contributed by atoms with E-state index >= 15 is 0 Å². The lowest BCUT2D eigenvalue weighted by molar-refractivity contribution is -0.145. The molecule has 7 rings (SSSR count). The number of ketones is 1. The number of hydrogen-bond donors (Lipinski definition) is 0. The van der Waals surface area contributed by atoms with Gasteiger partial charge >= 0.3 is 0 Å². The summed E-state index contributed by atoms with van der Waals surface area (Å²) in [7, 11) is 0. The van der Waals surface area contributed by atoms with Crippen molar-refractivity contribution in [1.29, 1.82) is 0 Å². The van der Waals surface area contributed by atoms with E-state index in [9.17, 15) is 4.79 Å². The van der Waals surface area contributed by atoms with Crippen molar-refractivity contribution < 1.29 is 9.53 Å². The number of hydrogen-bond acceptors (Lipinski definition) is 4. The van der Waals surface area contributed by atoms with Crippen molar-refractivity contribution >= 4 is 5.78 Å². The van der Waals surface area contributed by atoms with Gasteiger partial charge in [-0.05, 0) is 67.4 Å². The summed E-state index contributed by atoms with van der Waals surface area (Å²) >= 11 is 0. The molecule has 0 N–H and O–H groups in total. The van der Waals surface area contributed by atoms with Gasteiger partial charge in [0.15, 0.2) is 5.78 Å². The number of nitrogens with zero attached hydrogens (tertiary/aromatic N) is 2. The normalized spacial score (nSPS) is 30.7. The molecule has 4 aliphatic carbocycles. The molecule has 2 aromatic carbocycles. The molecule has 5 fully saturated rings. The zero-order chi connectivity index (χ0) is 23.7. The van der Waals surface area contributed by atoms with Gasteiger partial charge in [-0.3, -0.25) is 14.6 Å². The topological polar surface area (TPSA) is 32.8 Å². The van der Waals surface area contributed by atoms with Crippen molar-refractivity contribution in [2.24, 2.45) is 23.2 Å². The Morgan fingerprint density at radius 1 is 0.771 bits per heavy atom. The first-order valence-electron chi connectivity index (χ1n) is 13.9. The second-order valence-electron chi connectivity index (χ2n) is 11.8. The van der Waals surface area contributed by atoms with Gasteiger partial charge in [0.2, 0.25) is 0 Å². The maximum Gasteiger partial charge on any atom is 0.152 e. The Balaban J connectivity index is 0.981. The minimum Gasteiger partial charge on any atom is -0.367 e. The van der Waals surface area contributed by atoms with E-state index < -0.39 is 0 Å². The molecule has 35 heavy (non-hydrogen) atoms. The molecule has 0 radical (unpaired) electrons. The van der Waals surface area contributed by atoms with E-state index in [1.807, 2.05) is 0 Å². The summed E-state index contributed by atoms with van der Waals surface area (Å²) < 4.78 is 6.44. The summed E-state index contributed by atoms with van der Waals surface area (Å²) in [6, 6.07) is 21.0. The van der Waals surface area contributed by atoms with Crippen LogP contribution in [0.5, 0.6) is 0 Å². The Bertz CT molecular complexity index is 909. The van der Waals surface area contributed by atoms with Crippen LogP contribution in [0.1, 0.15) is 55.8 Å². The third-order valence-corrected chi connectivity index (χ3v) is 9.36. The number of carbonyl (C=O) groups excluding carboxylic acids is 1. The van der Waals surface area contributed by atoms with Gasteiger partial charge < -0.3 is 4.74 Å². The highest BCUT2D eigenvalue weighted by Gasteiger charge is 2.54. The predicted molar refractivity (Wildman–Crippen MR) is 139 cm³/mol. The van der Waals surface area contributed by atoms with E-state index in [2.05, 4.69) is 70.5 Å². The van der Waals surface area contributed by atoms with Crippen LogP contribution in [0, 0.1) is 23.2 Å². The van der Waals surface area contributed by atoms with Crippen molar-refractivity contribution in [2.75, 3.05) is 45.9 Å². The average Bonchev–Trinajstić information content (AvgIpc) is 2.88. The second-order valence-corrected chi connectivity index (χ2v) is 11.8. The van der Waals surface area contributed by atoms with Crippen LogP contribution in [0.15, 0.2) is 60.7 Å². The Hall–Kier alpha value is -2.01. The fourth-order valence-electron chi connectivity index (χ4n) is 7.93. The fraction of sp³-hybridized carbons (Fsp3) is 0.581. The summed E-state index contributed by atoms with van der Waals surface area (Å²) in [5.41, 5.74) is 2.45. The van der Waals surface area contributed by atoms with E-state index in [1.165, 1.54) is 49.7 Å². The van der Waals surface area contributed by atoms with Gasteiger partial charge in [0.05, 0.1) is 13.2 Å². The third kappa shape index (κ3) is 5.12. The lowest BCUT2D eigenvalue weighted by Gasteiger charge is -2.56. The lowest BCUT2D eigenvalue weighted by atomic mass is 9.48. The summed E-state index contributed by atoms with van der Waals surface area (Å²) in [6.45, 7) is 6.38. The van der Waals surface area contributed by atoms with Crippen molar-refractivity contribution in [3.05, 3.63) is 71.8 Å². The molecule has 4 nitrogen and oxygen atoms in total. The molecular weight excluding hydrogens is 432 g/mol. The molecule has 0 atom stereocenters. The number of benzene rings is 2. The molecule has 4 saturated carbocycles. The standard InChI is InChI=1S/C31H40N2O2/c34-29(31-20-24-17-25(21-31)19-26(18-24)22-31)23-33-13-11-32(12-14-33)15-16-35-30(27-7-3-1-4-8-27)28-9-5-2-6-10-28/h1-10,24-26,30H,11-23H2. The van der Waals surface area contributed by atoms with Crippen molar-refractivity contribution in [1.82, 2.24) is 9.80 Å². The van der Waals surface area contributed by atoms with Crippen molar-refractivity contribution in [3.8, 4) is 0 Å². The molecule has 1 heterocycles. The number of carbonyl (C=O) groups is 1. The molecule has 0 amide bonds. The quantitative estimate of drug-likeness (QED) is 0.502. The monoisotopic (exact) mass is 472 g/mol. The molecule has 1 saturated heterocycles. The molecule has 2 aromatic rings. The van der Waals surface area contributed by atoms with Crippen LogP contribution in [0.25, 0.3) is 0 Å². The summed E-state index contributed by atoms with van der Waals surface area (Å²) in [4.78, 5) is 18.4. The highest BCUT2D eigenvalue weighted by Crippen LogP contribution is 2.60. The lowest BCUT2D eigenvalue weighted by Crippen LogP contribution is -2.54. The summed E-state index contributed by atoms with van der Waals surface area (Å²) in [5, 5.41) is 0. The Morgan fingerprint density at radius 3 is 1.77 bits per heavy atom. The Labute approximate surface area is 210 Å². The van der Waals surface area contributed by atoms with Gasteiger partial charge in [-0.2, -0.15) is 0 Å². The summed E-state index contributed by atoms with van der Waals surface area (Å²) in [6.07, 6.45) is 7.77. The van der Waals surface area contributed by atoms with Crippen LogP contribution in [0.4, 0.5) is 0 Å². The SMILES string of the molecule is O=C(CN1CCN(CCOC(c2ccccc2)c2ccccc2)CC1)C12CC3CC(CC(C3)C1)C2. The van der Waals surface area contributed by atoms with Gasteiger partial charge in [-0.25, -0.2) is 0 Å². The molecule has 0 spiro atoms. The predicted octanol–water partition coefficient (Wildman–Crippen LogP) is 5.20. The number of Topliss-reactive ketones (excluding diaryl/α,β-unsaturated/α-hetero) is 1. The van der Waals surface area contributed by atoms with Crippen LogP contribution < -0.4 is 0 Å². The first-order valence-corrected chi connectivity index (χ1v) is 13.9. The number of ether oxygens (including phenoxy) is 1. The molecular formula is C31H40N2O2.